The monoisotopic (exact) mass is 263 g/mol. The highest BCUT2D eigenvalue weighted by Gasteiger charge is 2.10. The van der Waals surface area contributed by atoms with Crippen molar-refractivity contribution in [2.24, 2.45) is 0 Å². The van der Waals surface area contributed by atoms with Crippen LogP contribution in [0.4, 0.5) is 5.69 Å². The van der Waals surface area contributed by atoms with Crippen LogP contribution in [0.3, 0.4) is 0 Å². The van der Waals surface area contributed by atoms with Gasteiger partial charge in [-0.25, -0.2) is 0 Å². The molecule has 0 spiro atoms. The summed E-state index contributed by atoms with van der Waals surface area (Å²) in [5.41, 5.74) is 1.62. The Hall–Kier alpha value is -1.58. The molecule has 4 nitrogen and oxygen atoms in total. The van der Waals surface area contributed by atoms with Gasteiger partial charge in [-0.05, 0) is 25.8 Å². The Bertz CT molecular complexity index is 406. The number of nitrogens with zero attached hydrogens (tertiary/aromatic N) is 2. The minimum absolute atomic E-state index is 0.0485. The first-order valence-electron chi connectivity index (χ1n) is 7.05. The fourth-order valence-electron chi connectivity index (χ4n) is 1.69. The normalized spacial score (nSPS) is 12.0. The summed E-state index contributed by atoms with van der Waals surface area (Å²) in [6, 6.07) is 2.09. The Morgan fingerprint density at radius 3 is 2.79 bits per heavy atom. The first kappa shape index (κ1) is 15.5. The minimum atomic E-state index is -0.0485. The topological polar surface area (TPSA) is 45.2 Å². The van der Waals surface area contributed by atoms with Gasteiger partial charge in [-0.3, -0.25) is 9.78 Å². The summed E-state index contributed by atoms with van der Waals surface area (Å²) in [5.74, 6) is -0.0485. The quantitative estimate of drug-likeness (QED) is 0.822. The molecule has 1 aromatic rings. The zero-order chi connectivity index (χ0) is 14.3. The molecule has 1 unspecified atom stereocenters. The zero-order valence-corrected chi connectivity index (χ0v) is 12.4. The standard InChI is InChI=1S/C15H25N3O/c1-5-7-8-18(4)14-9-13(10-16-11-14)15(19)17-12(3)6-2/h9-12H,5-8H2,1-4H3,(H,17,19). The molecule has 0 aromatic carbocycles. The summed E-state index contributed by atoms with van der Waals surface area (Å²) >= 11 is 0. The van der Waals surface area contributed by atoms with Gasteiger partial charge in [0.1, 0.15) is 0 Å². The molecule has 0 aliphatic carbocycles. The Morgan fingerprint density at radius 2 is 2.16 bits per heavy atom. The second-order valence-electron chi connectivity index (χ2n) is 4.99. The predicted octanol–water partition coefficient (Wildman–Crippen LogP) is 2.85. The van der Waals surface area contributed by atoms with Crippen molar-refractivity contribution in [2.75, 3.05) is 18.5 Å². The number of nitrogens with one attached hydrogen (secondary N) is 1. The fourth-order valence-corrected chi connectivity index (χ4v) is 1.69. The maximum absolute atomic E-state index is 12.0. The SMILES string of the molecule is CCCCN(C)c1cncc(C(=O)NC(C)CC)c1. The summed E-state index contributed by atoms with van der Waals surface area (Å²) < 4.78 is 0. The Kier molecular flexibility index (Phi) is 6.33. The number of rotatable bonds is 7. The van der Waals surface area contributed by atoms with Gasteiger partial charge < -0.3 is 10.2 Å². The van der Waals surface area contributed by atoms with Crippen LogP contribution in [0.5, 0.6) is 0 Å². The zero-order valence-electron chi connectivity index (χ0n) is 12.4. The summed E-state index contributed by atoms with van der Waals surface area (Å²) in [6.45, 7) is 7.21. The predicted molar refractivity (Wildman–Crippen MR) is 79.6 cm³/mol. The molecule has 1 heterocycles. The molecule has 1 N–H and O–H groups in total. The number of carbonyl (C=O) groups excluding carboxylic acids is 1. The largest absolute Gasteiger partial charge is 0.373 e. The Balaban J connectivity index is 2.73. The highest BCUT2D eigenvalue weighted by molar-refractivity contribution is 5.94. The second kappa shape index (κ2) is 7.77. The molecule has 0 aliphatic heterocycles. The molecule has 0 radical (unpaired) electrons. The van der Waals surface area contributed by atoms with E-state index in [-0.39, 0.29) is 11.9 Å². The smallest absolute Gasteiger partial charge is 0.253 e. The van der Waals surface area contributed by atoms with Gasteiger partial charge in [-0.2, -0.15) is 0 Å². The van der Waals surface area contributed by atoms with Crippen molar-refractivity contribution in [1.29, 1.82) is 0 Å². The molecule has 106 valence electrons. The third kappa shape index (κ3) is 4.89. The van der Waals surface area contributed by atoms with E-state index in [9.17, 15) is 4.79 Å². The van der Waals surface area contributed by atoms with Crippen molar-refractivity contribution in [2.45, 2.75) is 46.1 Å². The fraction of sp³-hybridized carbons (Fsp3) is 0.600. The average Bonchev–Trinajstić information content (AvgIpc) is 2.44. The van der Waals surface area contributed by atoms with Crippen LogP contribution in [-0.2, 0) is 0 Å². The highest BCUT2D eigenvalue weighted by Crippen LogP contribution is 2.14. The van der Waals surface area contributed by atoms with Crippen LogP contribution in [0.25, 0.3) is 0 Å². The van der Waals surface area contributed by atoms with Gasteiger partial charge in [0.15, 0.2) is 0 Å². The van der Waals surface area contributed by atoms with Crippen molar-refractivity contribution < 1.29 is 4.79 Å². The highest BCUT2D eigenvalue weighted by atomic mass is 16.1. The first-order valence-corrected chi connectivity index (χ1v) is 7.05. The number of amides is 1. The summed E-state index contributed by atoms with van der Waals surface area (Å²) in [7, 11) is 2.03. The van der Waals surface area contributed by atoms with Gasteiger partial charge >= 0.3 is 0 Å². The minimum Gasteiger partial charge on any atom is -0.373 e. The van der Waals surface area contributed by atoms with Gasteiger partial charge in [0.2, 0.25) is 0 Å². The van der Waals surface area contributed by atoms with Crippen molar-refractivity contribution >= 4 is 11.6 Å². The van der Waals surface area contributed by atoms with E-state index in [1.165, 1.54) is 0 Å². The molecule has 0 saturated carbocycles. The molecular weight excluding hydrogens is 238 g/mol. The third-order valence-electron chi connectivity index (χ3n) is 3.26. The number of aromatic nitrogens is 1. The lowest BCUT2D eigenvalue weighted by Crippen LogP contribution is -2.32. The van der Waals surface area contributed by atoms with Crippen molar-refractivity contribution in [3.8, 4) is 0 Å². The molecule has 19 heavy (non-hydrogen) atoms. The summed E-state index contributed by atoms with van der Waals surface area (Å²) in [6.07, 6.45) is 6.64. The van der Waals surface area contributed by atoms with Gasteiger partial charge in [-0.1, -0.05) is 20.3 Å². The van der Waals surface area contributed by atoms with Gasteiger partial charge in [0.25, 0.3) is 5.91 Å². The van der Waals surface area contributed by atoms with Crippen molar-refractivity contribution in [3.63, 3.8) is 0 Å². The van der Waals surface area contributed by atoms with Crippen molar-refractivity contribution in [1.82, 2.24) is 10.3 Å². The van der Waals surface area contributed by atoms with E-state index in [2.05, 4.69) is 29.0 Å². The first-order chi connectivity index (χ1) is 9.08. The van der Waals surface area contributed by atoms with E-state index in [1.54, 1.807) is 12.4 Å². The van der Waals surface area contributed by atoms with E-state index >= 15 is 0 Å². The molecule has 0 fully saturated rings. The molecule has 0 aliphatic rings. The lowest BCUT2D eigenvalue weighted by Gasteiger charge is -2.19. The van der Waals surface area contributed by atoms with Crippen LogP contribution in [0.15, 0.2) is 18.5 Å². The van der Waals surface area contributed by atoms with Crippen LogP contribution in [0, 0.1) is 0 Å². The molecule has 1 rings (SSSR count). The lowest BCUT2D eigenvalue weighted by atomic mass is 10.2. The molecular formula is C15H25N3O. The maximum Gasteiger partial charge on any atom is 0.253 e. The van der Waals surface area contributed by atoms with Gasteiger partial charge in [0.05, 0.1) is 17.4 Å². The molecule has 4 heteroatoms. The molecule has 1 amide bonds. The molecule has 1 aromatic heterocycles. The van der Waals surface area contributed by atoms with Crippen LogP contribution in [0.1, 0.15) is 50.4 Å². The van der Waals surface area contributed by atoms with Crippen LogP contribution in [-0.4, -0.2) is 30.5 Å². The molecule has 0 saturated heterocycles. The van der Waals surface area contributed by atoms with Crippen LogP contribution < -0.4 is 10.2 Å². The Labute approximate surface area is 116 Å². The van der Waals surface area contributed by atoms with E-state index in [0.717, 1.165) is 31.5 Å². The van der Waals surface area contributed by atoms with E-state index in [1.807, 2.05) is 20.0 Å². The van der Waals surface area contributed by atoms with Crippen LogP contribution >= 0.6 is 0 Å². The number of hydrogen-bond acceptors (Lipinski definition) is 3. The molecule has 1 atom stereocenters. The number of anilines is 1. The summed E-state index contributed by atoms with van der Waals surface area (Å²) in [5, 5.41) is 2.96. The maximum atomic E-state index is 12.0. The average molecular weight is 263 g/mol. The number of pyridine rings is 1. The molecule has 0 bridgehead atoms. The van der Waals surface area contributed by atoms with E-state index in [4.69, 9.17) is 0 Å². The third-order valence-corrected chi connectivity index (χ3v) is 3.26. The number of hydrogen-bond donors (Lipinski definition) is 1. The second-order valence-corrected chi connectivity index (χ2v) is 4.99. The Morgan fingerprint density at radius 1 is 1.42 bits per heavy atom. The van der Waals surface area contributed by atoms with E-state index < -0.39 is 0 Å². The van der Waals surface area contributed by atoms with Crippen molar-refractivity contribution in [3.05, 3.63) is 24.0 Å². The summed E-state index contributed by atoms with van der Waals surface area (Å²) in [4.78, 5) is 18.3. The van der Waals surface area contributed by atoms with Crippen LogP contribution in [0.2, 0.25) is 0 Å². The number of carbonyl (C=O) groups is 1. The number of unbranched alkanes of at least 4 members (excludes halogenated alkanes) is 1. The van der Waals surface area contributed by atoms with Gasteiger partial charge in [-0.15, -0.1) is 0 Å². The van der Waals surface area contributed by atoms with Gasteiger partial charge in [0, 0.05) is 25.8 Å². The lowest BCUT2D eigenvalue weighted by molar-refractivity contribution is 0.0939. The van der Waals surface area contributed by atoms with E-state index in [0.29, 0.717) is 5.56 Å².